The van der Waals surface area contributed by atoms with E-state index >= 15 is 0 Å². The van der Waals surface area contributed by atoms with Crippen LogP contribution in [0.3, 0.4) is 0 Å². The third kappa shape index (κ3) is 3.16. The van der Waals surface area contributed by atoms with Crippen molar-refractivity contribution in [3.8, 4) is 11.6 Å². The van der Waals surface area contributed by atoms with Crippen LogP contribution in [0.2, 0.25) is 5.02 Å². The Morgan fingerprint density at radius 2 is 2.10 bits per heavy atom. The number of halogens is 1. The molecule has 2 fully saturated rings. The molecule has 0 spiro atoms. The average molecular weight is 423 g/mol. The summed E-state index contributed by atoms with van der Waals surface area (Å²) < 4.78 is 7.36. The van der Waals surface area contributed by atoms with Crippen LogP contribution in [-0.4, -0.2) is 46.1 Å². The number of anilines is 1. The van der Waals surface area contributed by atoms with Crippen LogP contribution < -0.4 is 9.64 Å². The average Bonchev–Trinajstić information content (AvgIpc) is 3.44. The molecule has 0 radical (unpaired) electrons. The number of fused-ring (bicyclic) bond motifs is 2. The van der Waals surface area contributed by atoms with Crippen molar-refractivity contribution < 1.29 is 9.53 Å². The monoisotopic (exact) mass is 422 g/mol. The minimum atomic E-state index is -0.0852. The second-order valence-electron chi connectivity index (χ2n) is 7.90. The molecular weight excluding hydrogens is 400 g/mol. The van der Waals surface area contributed by atoms with Crippen LogP contribution in [-0.2, 0) is 11.3 Å². The van der Waals surface area contributed by atoms with Gasteiger partial charge in [-0.2, -0.15) is 0 Å². The maximum Gasteiger partial charge on any atom is 0.244 e. The fourth-order valence-electron chi connectivity index (χ4n) is 4.67. The molecule has 4 heterocycles. The Labute approximate surface area is 180 Å². The summed E-state index contributed by atoms with van der Waals surface area (Å²) in [4.78, 5) is 21.9. The molecule has 0 unspecified atom stereocenters. The summed E-state index contributed by atoms with van der Waals surface area (Å²) >= 11 is 5.97. The van der Waals surface area contributed by atoms with E-state index in [1.54, 1.807) is 13.3 Å². The Bertz CT molecular complexity index is 1090. The highest BCUT2D eigenvalue weighted by Crippen LogP contribution is 2.38. The van der Waals surface area contributed by atoms with Crippen molar-refractivity contribution in [2.24, 2.45) is 0 Å². The maximum absolute atomic E-state index is 13.2. The predicted octanol–water partition coefficient (Wildman–Crippen LogP) is 3.83. The van der Waals surface area contributed by atoms with Gasteiger partial charge in [0.25, 0.3) is 0 Å². The molecule has 5 rings (SSSR count). The Balaban J connectivity index is 1.35. The number of rotatable bonds is 5. The molecule has 0 aliphatic carbocycles. The van der Waals surface area contributed by atoms with Crippen LogP contribution >= 0.6 is 11.6 Å². The summed E-state index contributed by atoms with van der Waals surface area (Å²) in [6.07, 6.45) is 4.51. The summed E-state index contributed by atoms with van der Waals surface area (Å²) in [5, 5.41) is 0.615. The van der Waals surface area contributed by atoms with Gasteiger partial charge in [-0.15, -0.1) is 0 Å². The fraction of sp³-hybridized carbons (Fsp3) is 0.304. The minimum Gasteiger partial charge on any atom is -0.497 e. The zero-order valence-electron chi connectivity index (χ0n) is 17.0. The van der Waals surface area contributed by atoms with Gasteiger partial charge in [-0.3, -0.25) is 9.69 Å². The number of amides is 1. The molecule has 0 N–H and O–H groups in total. The summed E-state index contributed by atoms with van der Waals surface area (Å²) in [6, 6.07) is 13.8. The van der Waals surface area contributed by atoms with Crippen LogP contribution in [0.1, 0.15) is 17.7 Å². The number of benzene rings is 1. The van der Waals surface area contributed by atoms with E-state index in [-0.39, 0.29) is 18.0 Å². The zero-order valence-corrected chi connectivity index (χ0v) is 17.7. The van der Waals surface area contributed by atoms with Gasteiger partial charge in [0.2, 0.25) is 5.91 Å². The molecule has 1 aromatic carbocycles. The largest absolute Gasteiger partial charge is 0.497 e. The summed E-state index contributed by atoms with van der Waals surface area (Å²) in [7, 11) is 1.66. The highest BCUT2D eigenvalue weighted by atomic mass is 35.5. The van der Waals surface area contributed by atoms with E-state index in [2.05, 4.69) is 20.5 Å². The number of hydrogen-bond donors (Lipinski definition) is 0. The third-order valence-electron chi connectivity index (χ3n) is 6.09. The van der Waals surface area contributed by atoms with Crippen molar-refractivity contribution in [3.63, 3.8) is 0 Å². The van der Waals surface area contributed by atoms with Gasteiger partial charge < -0.3 is 14.2 Å². The predicted molar refractivity (Wildman–Crippen MR) is 116 cm³/mol. The number of pyridine rings is 1. The molecule has 2 atom stereocenters. The second-order valence-corrected chi connectivity index (χ2v) is 8.34. The van der Waals surface area contributed by atoms with Gasteiger partial charge in [-0.1, -0.05) is 11.6 Å². The van der Waals surface area contributed by atoms with Crippen molar-refractivity contribution >= 4 is 23.2 Å². The molecule has 2 bridgehead atoms. The number of carbonyl (C=O) groups is 1. The van der Waals surface area contributed by atoms with Gasteiger partial charge in [0.1, 0.15) is 11.6 Å². The van der Waals surface area contributed by atoms with Crippen LogP contribution in [0.15, 0.2) is 54.9 Å². The van der Waals surface area contributed by atoms with Crippen molar-refractivity contribution in [1.29, 1.82) is 0 Å². The van der Waals surface area contributed by atoms with Gasteiger partial charge >= 0.3 is 0 Å². The van der Waals surface area contributed by atoms with Gasteiger partial charge in [0.15, 0.2) is 0 Å². The molecule has 154 valence electrons. The molecular formula is C23H23ClN4O2. The third-order valence-corrected chi connectivity index (χ3v) is 6.31. The molecule has 2 saturated heterocycles. The quantitative estimate of drug-likeness (QED) is 0.627. The number of carbonyl (C=O) groups excluding carboxylic acids is 1. The van der Waals surface area contributed by atoms with Crippen LogP contribution in [0, 0.1) is 6.92 Å². The van der Waals surface area contributed by atoms with Crippen molar-refractivity contribution in [2.75, 3.05) is 18.6 Å². The van der Waals surface area contributed by atoms with E-state index in [1.807, 2.05) is 54.4 Å². The van der Waals surface area contributed by atoms with E-state index in [4.69, 9.17) is 16.3 Å². The topological polar surface area (TPSA) is 50.6 Å². The number of likely N-dealkylation sites (tertiary alicyclic amines) is 1. The number of aromatic nitrogens is 2. The van der Waals surface area contributed by atoms with Crippen LogP contribution in [0.4, 0.5) is 5.69 Å². The number of nitrogens with zero attached hydrogens (tertiary/aromatic N) is 4. The standard InChI is InChI=1S/C23H23ClN4O2/c1-15-10-19(30-2)6-7-20(15)28-18-11-21(23(28)29)26(14-18)13-17-4-3-9-27(17)22-8-5-16(24)12-25-22/h3-10,12,18,21H,11,13-14H2,1-2H3/t18-,21-/m0/s1. The fourth-order valence-corrected chi connectivity index (χ4v) is 4.78. The van der Waals surface area contributed by atoms with Crippen LogP contribution in [0.25, 0.3) is 5.82 Å². The smallest absolute Gasteiger partial charge is 0.244 e. The van der Waals surface area contributed by atoms with E-state index < -0.39 is 0 Å². The molecule has 3 aromatic rings. The first-order valence-corrected chi connectivity index (χ1v) is 10.4. The van der Waals surface area contributed by atoms with E-state index in [0.29, 0.717) is 11.6 Å². The Kier molecular flexibility index (Phi) is 4.76. The molecule has 6 nitrogen and oxygen atoms in total. The Morgan fingerprint density at radius 1 is 1.23 bits per heavy atom. The lowest BCUT2D eigenvalue weighted by atomic mass is 10.1. The molecule has 0 saturated carbocycles. The summed E-state index contributed by atoms with van der Waals surface area (Å²) in [5.41, 5.74) is 3.16. The lowest BCUT2D eigenvalue weighted by Crippen LogP contribution is -2.50. The number of methoxy groups -OCH3 is 1. The number of hydrogen-bond acceptors (Lipinski definition) is 4. The maximum atomic E-state index is 13.2. The zero-order chi connectivity index (χ0) is 20.8. The number of ether oxygens (including phenoxy) is 1. The molecule has 7 heteroatoms. The molecule has 1 amide bonds. The first-order valence-electron chi connectivity index (χ1n) is 10.0. The van der Waals surface area contributed by atoms with Crippen molar-refractivity contribution in [1.82, 2.24) is 14.5 Å². The first kappa shape index (κ1) is 19.2. The lowest BCUT2D eigenvalue weighted by molar-refractivity contribution is -0.122. The van der Waals surface area contributed by atoms with Gasteiger partial charge in [0, 0.05) is 36.9 Å². The Hall–Kier alpha value is -2.83. The Morgan fingerprint density at radius 3 is 2.80 bits per heavy atom. The van der Waals surface area contributed by atoms with Gasteiger partial charge in [0.05, 0.1) is 24.2 Å². The van der Waals surface area contributed by atoms with Crippen molar-refractivity contribution in [2.45, 2.75) is 32.0 Å². The van der Waals surface area contributed by atoms with E-state index in [9.17, 15) is 4.79 Å². The number of piperazine rings is 1. The molecule has 2 aromatic heterocycles. The molecule has 2 aliphatic heterocycles. The van der Waals surface area contributed by atoms with Gasteiger partial charge in [-0.05, 0) is 61.4 Å². The first-order chi connectivity index (χ1) is 14.5. The minimum absolute atomic E-state index is 0.0852. The lowest BCUT2D eigenvalue weighted by Gasteiger charge is -2.34. The second kappa shape index (κ2) is 7.45. The molecule has 2 aliphatic rings. The highest BCUT2D eigenvalue weighted by molar-refractivity contribution is 6.30. The number of aryl methyl sites for hydroxylation is 1. The SMILES string of the molecule is COc1ccc(N2C(=O)[C@@H]3C[C@H]2CN3Cc2cccn2-c2ccc(Cl)cn2)c(C)c1. The summed E-state index contributed by atoms with van der Waals surface area (Å²) in [6.45, 7) is 3.60. The van der Waals surface area contributed by atoms with E-state index in [0.717, 1.165) is 41.5 Å². The van der Waals surface area contributed by atoms with Crippen LogP contribution in [0.5, 0.6) is 5.75 Å². The van der Waals surface area contributed by atoms with Crippen molar-refractivity contribution in [3.05, 3.63) is 71.1 Å². The normalized spacial score (nSPS) is 20.9. The van der Waals surface area contributed by atoms with Gasteiger partial charge in [-0.25, -0.2) is 4.98 Å². The summed E-state index contributed by atoms with van der Waals surface area (Å²) in [5.74, 6) is 1.82. The molecule has 30 heavy (non-hydrogen) atoms. The van der Waals surface area contributed by atoms with E-state index in [1.165, 1.54) is 0 Å². The highest BCUT2D eigenvalue weighted by Gasteiger charge is 2.50.